The molecule has 106 valence electrons. The lowest BCUT2D eigenvalue weighted by Crippen LogP contribution is -2.35. The smallest absolute Gasteiger partial charge is 0.228 e. The fourth-order valence-corrected chi connectivity index (χ4v) is 3.11. The maximum atomic E-state index is 12.4. The fraction of sp³-hybridized carbons (Fsp3) is 0.500. The standard InChI is InChI=1S/C16H20N2O2/c1-12-5-4-6-14(9-12)18-11-13(10-15(18)19)16(20)17-7-2-3-8-17/h4-6,9,13H,2-3,7-8,10-11H2,1H3/t13-/m1/s1. The predicted molar refractivity (Wildman–Crippen MR) is 77.5 cm³/mol. The minimum absolute atomic E-state index is 0.0631. The molecule has 0 spiro atoms. The van der Waals surface area contributed by atoms with E-state index < -0.39 is 0 Å². The first kappa shape index (κ1) is 13.2. The van der Waals surface area contributed by atoms with E-state index in [4.69, 9.17) is 0 Å². The second-order valence-electron chi connectivity index (χ2n) is 5.78. The van der Waals surface area contributed by atoms with Crippen LogP contribution in [0.5, 0.6) is 0 Å². The molecular formula is C16H20N2O2. The molecule has 0 N–H and O–H groups in total. The Labute approximate surface area is 119 Å². The Bertz CT molecular complexity index is 535. The molecule has 2 aliphatic rings. The molecule has 4 heteroatoms. The molecular weight excluding hydrogens is 252 g/mol. The molecule has 2 saturated heterocycles. The first-order valence-corrected chi connectivity index (χ1v) is 7.31. The molecule has 1 aromatic rings. The van der Waals surface area contributed by atoms with Gasteiger partial charge in [-0.25, -0.2) is 0 Å². The van der Waals surface area contributed by atoms with E-state index in [0.29, 0.717) is 13.0 Å². The highest BCUT2D eigenvalue weighted by Crippen LogP contribution is 2.27. The summed E-state index contributed by atoms with van der Waals surface area (Å²) in [5.41, 5.74) is 2.04. The molecule has 4 nitrogen and oxygen atoms in total. The van der Waals surface area contributed by atoms with Crippen LogP contribution < -0.4 is 4.90 Å². The highest BCUT2D eigenvalue weighted by molar-refractivity contribution is 6.00. The number of carbonyl (C=O) groups is 2. The van der Waals surface area contributed by atoms with E-state index in [2.05, 4.69) is 0 Å². The van der Waals surface area contributed by atoms with Crippen molar-refractivity contribution in [3.8, 4) is 0 Å². The number of amides is 2. The number of benzene rings is 1. The zero-order chi connectivity index (χ0) is 14.1. The molecule has 20 heavy (non-hydrogen) atoms. The molecule has 0 bridgehead atoms. The van der Waals surface area contributed by atoms with Gasteiger partial charge in [0.05, 0.1) is 5.92 Å². The lowest BCUT2D eigenvalue weighted by atomic mass is 10.1. The van der Waals surface area contributed by atoms with Crippen LogP contribution in [0.3, 0.4) is 0 Å². The Morgan fingerprint density at radius 1 is 1.25 bits per heavy atom. The second kappa shape index (κ2) is 5.27. The Kier molecular flexibility index (Phi) is 3.47. The second-order valence-corrected chi connectivity index (χ2v) is 5.78. The van der Waals surface area contributed by atoms with E-state index in [1.807, 2.05) is 36.1 Å². The van der Waals surface area contributed by atoms with Crippen LogP contribution in [0.4, 0.5) is 5.69 Å². The van der Waals surface area contributed by atoms with E-state index in [-0.39, 0.29) is 17.7 Å². The molecule has 2 fully saturated rings. The summed E-state index contributed by atoms with van der Waals surface area (Å²) in [4.78, 5) is 28.2. The zero-order valence-corrected chi connectivity index (χ0v) is 11.8. The number of carbonyl (C=O) groups excluding carboxylic acids is 2. The van der Waals surface area contributed by atoms with Gasteiger partial charge in [0.2, 0.25) is 11.8 Å². The Hall–Kier alpha value is -1.84. The third kappa shape index (κ3) is 2.42. The summed E-state index contributed by atoms with van der Waals surface area (Å²) in [5, 5.41) is 0. The summed E-state index contributed by atoms with van der Waals surface area (Å²) in [6.45, 7) is 4.25. The van der Waals surface area contributed by atoms with Crippen molar-refractivity contribution in [1.82, 2.24) is 4.90 Å². The first-order chi connectivity index (χ1) is 9.65. The molecule has 2 heterocycles. The number of likely N-dealkylation sites (tertiary alicyclic amines) is 1. The summed E-state index contributed by atoms with van der Waals surface area (Å²) >= 11 is 0. The van der Waals surface area contributed by atoms with Crippen LogP contribution in [0.2, 0.25) is 0 Å². The van der Waals surface area contributed by atoms with E-state index in [0.717, 1.165) is 37.2 Å². The van der Waals surface area contributed by atoms with E-state index in [1.165, 1.54) is 0 Å². The van der Waals surface area contributed by atoms with Gasteiger partial charge in [-0.2, -0.15) is 0 Å². The van der Waals surface area contributed by atoms with E-state index in [9.17, 15) is 9.59 Å². The van der Waals surface area contributed by atoms with Gasteiger partial charge in [-0.05, 0) is 37.5 Å². The topological polar surface area (TPSA) is 40.6 Å². The number of hydrogen-bond acceptors (Lipinski definition) is 2. The number of rotatable bonds is 2. The van der Waals surface area contributed by atoms with Gasteiger partial charge in [0.25, 0.3) is 0 Å². The summed E-state index contributed by atoms with van der Waals surface area (Å²) in [6.07, 6.45) is 2.53. The molecule has 2 aliphatic heterocycles. The summed E-state index contributed by atoms with van der Waals surface area (Å²) in [5.74, 6) is 0.0558. The lowest BCUT2D eigenvalue weighted by Gasteiger charge is -2.20. The predicted octanol–water partition coefficient (Wildman–Crippen LogP) is 1.97. The van der Waals surface area contributed by atoms with Gasteiger partial charge >= 0.3 is 0 Å². The zero-order valence-electron chi connectivity index (χ0n) is 11.8. The average Bonchev–Trinajstić information content (AvgIpc) is 3.07. The van der Waals surface area contributed by atoms with Crippen LogP contribution in [0.25, 0.3) is 0 Å². The van der Waals surface area contributed by atoms with Gasteiger partial charge in [-0.1, -0.05) is 12.1 Å². The summed E-state index contributed by atoms with van der Waals surface area (Å²) in [7, 11) is 0. The molecule has 0 radical (unpaired) electrons. The van der Waals surface area contributed by atoms with Crippen LogP contribution >= 0.6 is 0 Å². The third-order valence-corrected chi connectivity index (χ3v) is 4.21. The van der Waals surface area contributed by atoms with Crippen molar-refractivity contribution in [2.45, 2.75) is 26.2 Å². The van der Waals surface area contributed by atoms with Crippen LogP contribution in [0, 0.1) is 12.8 Å². The number of nitrogens with zero attached hydrogens (tertiary/aromatic N) is 2. The van der Waals surface area contributed by atoms with Crippen molar-refractivity contribution >= 4 is 17.5 Å². The molecule has 2 amide bonds. The average molecular weight is 272 g/mol. The van der Waals surface area contributed by atoms with E-state index in [1.54, 1.807) is 4.90 Å². The van der Waals surface area contributed by atoms with Gasteiger partial charge in [0, 0.05) is 31.7 Å². The lowest BCUT2D eigenvalue weighted by molar-refractivity contribution is -0.134. The highest BCUT2D eigenvalue weighted by Gasteiger charge is 2.37. The van der Waals surface area contributed by atoms with Crippen LogP contribution in [0.1, 0.15) is 24.8 Å². The van der Waals surface area contributed by atoms with Crippen LogP contribution in [-0.4, -0.2) is 36.3 Å². The molecule has 0 unspecified atom stereocenters. The van der Waals surface area contributed by atoms with Crippen molar-refractivity contribution in [3.63, 3.8) is 0 Å². The van der Waals surface area contributed by atoms with Crippen LogP contribution in [0.15, 0.2) is 24.3 Å². The largest absolute Gasteiger partial charge is 0.342 e. The number of aryl methyl sites for hydroxylation is 1. The number of hydrogen-bond donors (Lipinski definition) is 0. The molecule has 0 saturated carbocycles. The molecule has 1 atom stereocenters. The molecule has 1 aromatic carbocycles. The van der Waals surface area contributed by atoms with Crippen molar-refractivity contribution in [3.05, 3.63) is 29.8 Å². The minimum Gasteiger partial charge on any atom is -0.342 e. The first-order valence-electron chi connectivity index (χ1n) is 7.31. The Balaban J connectivity index is 1.73. The van der Waals surface area contributed by atoms with Crippen molar-refractivity contribution in [1.29, 1.82) is 0 Å². The summed E-state index contributed by atoms with van der Waals surface area (Å²) < 4.78 is 0. The van der Waals surface area contributed by atoms with Crippen molar-refractivity contribution in [2.24, 2.45) is 5.92 Å². The van der Waals surface area contributed by atoms with Gasteiger partial charge < -0.3 is 9.80 Å². The Morgan fingerprint density at radius 3 is 2.70 bits per heavy atom. The minimum atomic E-state index is -0.166. The SMILES string of the molecule is Cc1cccc(N2C[C@H](C(=O)N3CCCC3)CC2=O)c1. The molecule has 3 rings (SSSR count). The normalized spacial score (nSPS) is 22.6. The van der Waals surface area contributed by atoms with E-state index >= 15 is 0 Å². The molecule has 0 aliphatic carbocycles. The quantitative estimate of drug-likeness (QED) is 0.826. The molecule has 0 aromatic heterocycles. The van der Waals surface area contributed by atoms with Crippen molar-refractivity contribution in [2.75, 3.05) is 24.5 Å². The maximum Gasteiger partial charge on any atom is 0.228 e. The number of anilines is 1. The van der Waals surface area contributed by atoms with Gasteiger partial charge in [-0.3, -0.25) is 9.59 Å². The third-order valence-electron chi connectivity index (χ3n) is 4.21. The summed E-state index contributed by atoms with van der Waals surface area (Å²) in [6, 6.07) is 7.90. The monoisotopic (exact) mass is 272 g/mol. The Morgan fingerprint density at radius 2 is 2.00 bits per heavy atom. The maximum absolute atomic E-state index is 12.4. The highest BCUT2D eigenvalue weighted by atomic mass is 16.2. The van der Waals surface area contributed by atoms with Gasteiger partial charge in [-0.15, -0.1) is 0 Å². The fourth-order valence-electron chi connectivity index (χ4n) is 3.11. The van der Waals surface area contributed by atoms with Crippen LogP contribution in [-0.2, 0) is 9.59 Å². The van der Waals surface area contributed by atoms with Gasteiger partial charge in [0.1, 0.15) is 0 Å². The van der Waals surface area contributed by atoms with Crippen molar-refractivity contribution < 1.29 is 9.59 Å². The van der Waals surface area contributed by atoms with Gasteiger partial charge in [0.15, 0.2) is 0 Å².